The molecule has 18 heavy (non-hydrogen) atoms. The maximum atomic E-state index is 6.21. The van der Waals surface area contributed by atoms with Crippen LogP contribution in [0.1, 0.15) is 25.3 Å². The molecule has 102 valence electrons. The van der Waals surface area contributed by atoms with Gasteiger partial charge in [0.15, 0.2) is 0 Å². The quantitative estimate of drug-likeness (QED) is 0.549. The van der Waals surface area contributed by atoms with Crippen LogP contribution in [0.25, 0.3) is 0 Å². The monoisotopic (exact) mass is 269 g/mol. The molecule has 0 amide bonds. The molecule has 3 nitrogen and oxygen atoms in total. The van der Waals surface area contributed by atoms with Gasteiger partial charge in [-0.05, 0) is 37.2 Å². The summed E-state index contributed by atoms with van der Waals surface area (Å²) in [6.45, 7) is 6.00. The molecule has 0 aliphatic rings. The Balaban J connectivity index is 2.19. The Morgan fingerprint density at radius 1 is 1.11 bits per heavy atom. The molecule has 0 aliphatic heterocycles. The summed E-state index contributed by atoms with van der Waals surface area (Å²) in [5.41, 5.74) is 4.45. The second-order valence-corrected chi connectivity index (χ2v) is 4.87. The van der Waals surface area contributed by atoms with Crippen molar-refractivity contribution in [2.75, 3.05) is 26.7 Å². The third-order valence-electron chi connectivity index (χ3n) is 2.84. The molecule has 0 radical (unpaired) electrons. The van der Waals surface area contributed by atoms with E-state index in [1.54, 1.807) is 0 Å². The van der Waals surface area contributed by atoms with E-state index in [0.717, 1.165) is 39.0 Å². The summed E-state index contributed by atoms with van der Waals surface area (Å²) < 4.78 is 1.86. The van der Waals surface area contributed by atoms with Crippen LogP contribution in [0.15, 0.2) is 30.3 Å². The summed E-state index contributed by atoms with van der Waals surface area (Å²) in [5, 5.41) is 2.23. The van der Waals surface area contributed by atoms with E-state index in [1.807, 2.05) is 29.7 Å². The van der Waals surface area contributed by atoms with E-state index in [2.05, 4.69) is 29.5 Å². The Morgan fingerprint density at radius 3 is 2.44 bits per heavy atom. The van der Waals surface area contributed by atoms with Crippen LogP contribution in [0.2, 0.25) is 0 Å². The fourth-order valence-electron chi connectivity index (χ4n) is 1.90. The van der Waals surface area contributed by atoms with Gasteiger partial charge in [-0.3, -0.25) is 5.43 Å². The van der Waals surface area contributed by atoms with Crippen LogP contribution in [0, 0.1) is 0 Å². The Bertz CT molecular complexity index is 305. The van der Waals surface area contributed by atoms with Crippen molar-refractivity contribution < 1.29 is 0 Å². The van der Waals surface area contributed by atoms with Crippen LogP contribution >= 0.6 is 11.8 Å². The molecule has 0 saturated heterocycles. The molecular weight excluding hydrogens is 246 g/mol. The topological polar surface area (TPSA) is 18.5 Å². The van der Waals surface area contributed by atoms with Crippen LogP contribution in [0.5, 0.6) is 0 Å². The number of hydrogen-bond acceptors (Lipinski definition) is 3. The highest BCUT2D eigenvalue weighted by atomic mass is 35.5. The molecule has 1 aromatic carbocycles. The van der Waals surface area contributed by atoms with E-state index >= 15 is 0 Å². The maximum absolute atomic E-state index is 6.21. The number of halogens is 1. The van der Waals surface area contributed by atoms with Crippen molar-refractivity contribution in [1.82, 2.24) is 14.9 Å². The summed E-state index contributed by atoms with van der Waals surface area (Å²) >= 11 is 6.21. The fourth-order valence-corrected chi connectivity index (χ4v) is 2.16. The molecule has 0 aliphatic carbocycles. The van der Waals surface area contributed by atoms with E-state index in [9.17, 15) is 0 Å². The van der Waals surface area contributed by atoms with Crippen LogP contribution in [0.3, 0.4) is 0 Å². The Kier molecular flexibility index (Phi) is 8.01. The largest absolute Gasteiger partial charge is 0.258 e. The molecule has 1 N–H and O–H groups in total. The molecule has 0 saturated carbocycles. The summed E-state index contributed by atoms with van der Waals surface area (Å²) in [6, 6.07) is 10.3. The fraction of sp³-hybridized carbons (Fsp3) is 0.571. The van der Waals surface area contributed by atoms with Crippen LogP contribution in [-0.4, -0.2) is 36.1 Å². The lowest BCUT2D eigenvalue weighted by molar-refractivity contribution is 0.199. The molecule has 0 bridgehead atoms. The van der Waals surface area contributed by atoms with Crippen molar-refractivity contribution in [3.8, 4) is 0 Å². The van der Waals surface area contributed by atoms with Gasteiger partial charge in [-0.25, -0.2) is 9.43 Å². The van der Waals surface area contributed by atoms with Gasteiger partial charge in [0.2, 0.25) is 0 Å². The lowest BCUT2D eigenvalue weighted by Gasteiger charge is -2.21. The minimum absolute atomic E-state index is 0.801. The number of benzene rings is 1. The first kappa shape index (κ1) is 15.4. The first-order valence-corrected chi connectivity index (χ1v) is 6.97. The molecule has 4 heteroatoms. The van der Waals surface area contributed by atoms with Crippen molar-refractivity contribution in [2.24, 2.45) is 0 Å². The van der Waals surface area contributed by atoms with Crippen molar-refractivity contribution in [3.05, 3.63) is 35.9 Å². The molecule has 0 aromatic heterocycles. The smallest absolute Gasteiger partial charge is 0.0389 e. The molecular formula is C14H24ClN3. The highest BCUT2D eigenvalue weighted by molar-refractivity contribution is 6.13. The van der Waals surface area contributed by atoms with Crippen molar-refractivity contribution in [3.63, 3.8) is 0 Å². The standard InChI is InChI=1S/C14H24ClN3/c1-3-10-18(16-2)12-7-11-17(15)13-14-8-5-4-6-9-14/h4-6,8-9,16H,3,7,10-13H2,1-2H3. The van der Waals surface area contributed by atoms with Gasteiger partial charge in [0.05, 0.1) is 0 Å². The molecule has 0 heterocycles. The number of nitrogens with zero attached hydrogens (tertiary/aromatic N) is 2. The predicted molar refractivity (Wildman–Crippen MR) is 78.2 cm³/mol. The van der Waals surface area contributed by atoms with E-state index in [4.69, 9.17) is 11.8 Å². The zero-order valence-electron chi connectivity index (χ0n) is 11.4. The Morgan fingerprint density at radius 2 is 1.83 bits per heavy atom. The highest BCUT2D eigenvalue weighted by Gasteiger charge is 2.04. The van der Waals surface area contributed by atoms with Crippen molar-refractivity contribution in [2.45, 2.75) is 26.3 Å². The summed E-state index contributed by atoms with van der Waals surface area (Å²) in [6.07, 6.45) is 2.23. The van der Waals surface area contributed by atoms with Gasteiger partial charge >= 0.3 is 0 Å². The van der Waals surface area contributed by atoms with Gasteiger partial charge in [-0.2, -0.15) is 0 Å². The van der Waals surface area contributed by atoms with Gasteiger partial charge in [0.25, 0.3) is 0 Å². The third-order valence-corrected chi connectivity index (χ3v) is 3.12. The summed E-state index contributed by atoms with van der Waals surface area (Å²) in [5.74, 6) is 0. The number of hydrazine groups is 1. The summed E-state index contributed by atoms with van der Waals surface area (Å²) in [7, 11) is 1.97. The van der Waals surface area contributed by atoms with Gasteiger partial charge in [-0.15, -0.1) is 0 Å². The van der Waals surface area contributed by atoms with Crippen LogP contribution < -0.4 is 5.43 Å². The van der Waals surface area contributed by atoms with Crippen molar-refractivity contribution >= 4 is 11.8 Å². The second kappa shape index (κ2) is 9.34. The maximum Gasteiger partial charge on any atom is 0.0389 e. The minimum atomic E-state index is 0.801. The zero-order chi connectivity index (χ0) is 13.2. The first-order chi connectivity index (χ1) is 8.76. The average Bonchev–Trinajstić information content (AvgIpc) is 2.39. The lowest BCUT2D eigenvalue weighted by Crippen LogP contribution is -2.37. The van der Waals surface area contributed by atoms with E-state index in [1.165, 1.54) is 5.56 Å². The molecule has 0 fully saturated rings. The summed E-state index contributed by atoms with van der Waals surface area (Å²) in [4.78, 5) is 0. The number of nitrogens with one attached hydrogen (secondary N) is 1. The molecule has 1 rings (SSSR count). The molecule has 0 spiro atoms. The normalized spacial score (nSPS) is 11.4. The lowest BCUT2D eigenvalue weighted by atomic mass is 10.2. The zero-order valence-corrected chi connectivity index (χ0v) is 12.2. The molecule has 0 atom stereocenters. The van der Waals surface area contributed by atoms with Gasteiger partial charge in [-0.1, -0.05) is 37.3 Å². The average molecular weight is 270 g/mol. The second-order valence-electron chi connectivity index (χ2n) is 4.39. The highest BCUT2D eigenvalue weighted by Crippen LogP contribution is 2.07. The van der Waals surface area contributed by atoms with E-state index in [-0.39, 0.29) is 0 Å². The van der Waals surface area contributed by atoms with Gasteiger partial charge in [0, 0.05) is 26.2 Å². The number of hydrogen-bond donors (Lipinski definition) is 1. The SMILES string of the molecule is CCCN(CCCN(Cl)Cc1ccccc1)NC. The third kappa shape index (κ3) is 6.36. The van der Waals surface area contributed by atoms with Crippen molar-refractivity contribution in [1.29, 1.82) is 0 Å². The van der Waals surface area contributed by atoms with Crippen LogP contribution in [0.4, 0.5) is 0 Å². The predicted octanol–water partition coefficient (Wildman–Crippen LogP) is 2.88. The van der Waals surface area contributed by atoms with E-state index in [0.29, 0.717) is 0 Å². The van der Waals surface area contributed by atoms with Gasteiger partial charge in [0.1, 0.15) is 0 Å². The van der Waals surface area contributed by atoms with Gasteiger partial charge < -0.3 is 0 Å². The minimum Gasteiger partial charge on any atom is -0.258 e. The van der Waals surface area contributed by atoms with E-state index < -0.39 is 0 Å². The Hall–Kier alpha value is -0.610. The molecule has 0 unspecified atom stereocenters. The molecule has 1 aromatic rings. The first-order valence-electron chi connectivity index (χ1n) is 6.63. The Labute approximate surface area is 116 Å². The number of rotatable bonds is 9. The van der Waals surface area contributed by atoms with Crippen LogP contribution in [-0.2, 0) is 6.54 Å².